The van der Waals surface area contributed by atoms with Crippen LogP contribution in [0.3, 0.4) is 0 Å². The minimum Gasteiger partial charge on any atom is -0.394 e. The summed E-state index contributed by atoms with van der Waals surface area (Å²) in [7, 11) is -3.06. The van der Waals surface area contributed by atoms with Gasteiger partial charge in [-0.1, -0.05) is 18.2 Å². The van der Waals surface area contributed by atoms with Crippen molar-refractivity contribution >= 4 is 32.9 Å². The van der Waals surface area contributed by atoms with Crippen molar-refractivity contribution in [3.05, 3.63) is 30.3 Å². The first-order valence-electron chi connectivity index (χ1n) is 7.03. The Labute approximate surface area is 135 Å². The van der Waals surface area contributed by atoms with Gasteiger partial charge in [-0.3, -0.25) is 0 Å². The molecule has 0 spiro atoms. The van der Waals surface area contributed by atoms with E-state index < -0.39 is 22.5 Å². The molecule has 0 amide bonds. The van der Waals surface area contributed by atoms with Crippen LogP contribution in [0.25, 0.3) is 0 Å². The molecule has 0 aromatic heterocycles. The molecule has 0 saturated carbocycles. The smallest absolute Gasteiger partial charge is 0.173 e. The highest BCUT2D eigenvalue weighted by atomic mass is 32.2. The molecule has 22 heavy (non-hydrogen) atoms. The molecule has 0 radical (unpaired) electrons. The van der Waals surface area contributed by atoms with Crippen LogP contribution < -0.4 is 5.32 Å². The maximum atomic E-state index is 11.7. The Kier molecular flexibility index (Phi) is 5.74. The normalized spacial score (nSPS) is 21.3. The van der Waals surface area contributed by atoms with Crippen molar-refractivity contribution in [3.63, 3.8) is 0 Å². The second-order valence-corrected chi connectivity index (χ2v) is 7.96. The van der Waals surface area contributed by atoms with Gasteiger partial charge in [0.05, 0.1) is 24.2 Å². The van der Waals surface area contributed by atoms with Crippen molar-refractivity contribution in [1.29, 1.82) is 0 Å². The Morgan fingerprint density at radius 1 is 1.41 bits per heavy atom. The van der Waals surface area contributed by atoms with E-state index in [9.17, 15) is 13.5 Å². The lowest BCUT2D eigenvalue weighted by molar-refractivity contribution is 0.0705. The fourth-order valence-electron chi connectivity index (χ4n) is 2.42. The standard InChI is InChI=1S/C14H20N2O4S2/c17-9-13(18)8-16(12-6-7-22(19,20)10-12)14(21)15-11-4-2-1-3-5-11/h1-5,12-13,17-18H,6-10H2,(H,15,21)/t12-,13+/m1/s1. The van der Waals surface area contributed by atoms with Gasteiger partial charge in [0, 0.05) is 18.3 Å². The van der Waals surface area contributed by atoms with Crippen molar-refractivity contribution in [2.45, 2.75) is 18.6 Å². The lowest BCUT2D eigenvalue weighted by Crippen LogP contribution is -2.47. The minimum atomic E-state index is -3.06. The number of rotatable bonds is 5. The van der Waals surface area contributed by atoms with Crippen LogP contribution in [0.1, 0.15) is 6.42 Å². The molecule has 1 heterocycles. The van der Waals surface area contributed by atoms with E-state index in [0.29, 0.717) is 11.5 Å². The fraction of sp³-hybridized carbons (Fsp3) is 0.500. The number of benzene rings is 1. The fourth-order valence-corrected chi connectivity index (χ4v) is 4.49. The zero-order valence-electron chi connectivity index (χ0n) is 12.1. The van der Waals surface area contributed by atoms with Gasteiger partial charge in [-0.05, 0) is 30.8 Å². The van der Waals surface area contributed by atoms with Crippen molar-refractivity contribution in [2.24, 2.45) is 0 Å². The monoisotopic (exact) mass is 344 g/mol. The van der Waals surface area contributed by atoms with E-state index in [1.165, 1.54) is 0 Å². The molecular weight excluding hydrogens is 324 g/mol. The molecule has 2 rings (SSSR count). The predicted octanol–water partition coefficient (Wildman–Crippen LogP) is 0.226. The number of anilines is 1. The lowest BCUT2D eigenvalue weighted by Gasteiger charge is -2.32. The van der Waals surface area contributed by atoms with Gasteiger partial charge in [-0.2, -0.15) is 0 Å². The van der Waals surface area contributed by atoms with E-state index in [2.05, 4.69) is 5.32 Å². The van der Waals surface area contributed by atoms with Gasteiger partial charge in [0.15, 0.2) is 14.9 Å². The van der Waals surface area contributed by atoms with Crippen molar-refractivity contribution < 1.29 is 18.6 Å². The quantitative estimate of drug-likeness (QED) is 0.659. The molecule has 8 heteroatoms. The van der Waals surface area contributed by atoms with Crippen molar-refractivity contribution in [3.8, 4) is 0 Å². The number of nitrogens with zero attached hydrogens (tertiary/aromatic N) is 1. The van der Waals surface area contributed by atoms with E-state index >= 15 is 0 Å². The average Bonchev–Trinajstić information content (AvgIpc) is 2.85. The molecule has 2 atom stereocenters. The summed E-state index contributed by atoms with van der Waals surface area (Å²) in [6, 6.07) is 9.01. The number of hydrogen-bond donors (Lipinski definition) is 3. The summed E-state index contributed by atoms with van der Waals surface area (Å²) in [5, 5.41) is 22.1. The third-order valence-electron chi connectivity index (χ3n) is 3.55. The van der Waals surface area contributed by atoms with Crippen LogP contribution in [0.5, 0.6) is 0 Å². The predicted molar refractivity (Wildman–Crippen MR) is 89.5 cm³/mol. The Bertz CT molecular complexity index is 607. The van der Waals surface area contributed by atoms with Gasteiger partial charge in [0.1, 0.15) is 0 Å². The molecule has 3 N–H and O–H groups in total. The summed E-state index contributed by atoms with van der Waals surface area (Å²) in [6.45, 7) is -0.306. The first kappa shape index (κ1) is 17.1. The Morgan fingerprint density at radius 2 is 2.09 bits per heavy atom. The third kappa shape index (κ3) is 4.64. The summed E-state index contributed by atoms with van der Waals surface area (Å²) in [5.41, 5.74) is 0.789. The molecule has 1 aromatic carbocycles. The second kappa shape index (κ2) is 7.36. The number of thiocarbonyl (C=S) groups is 1. The number of para-hydroxylation sites is 1. The molecule has 1 aliphatic heterocycles. The number of nitrogens with one attached hydrogen (secondary N) is 1. The van der Waals surface area contributed by atoms with Crippen LogP contribution in [0.2, 0.25) is 0 Å². The largest absolute Gasteiger partial charge is 0.394 e. The highest BCUT2D eigenvalue weighted by Crippen LogP contribution is 2.19. The molecule has 1 aromatic rings. The molecular formula is C14H20N2O4S2. The summed E-state index contributed by atoms with van der Waals surface area (Å²) in [4.78, 5) is 1.66. The number of aliphatic hydroxyl groups is 2. The third-order valence-corrected chi connectivity index (χ3v) is 5.64. The Morgan fingerprint density at radius 3 is 2.64 bits per heavy atom. The summed E-state index contributed by atoms with van der Waals surface area (Å²) in [5.74, 6) is 0.138. The summed E-state index contributed by atoms with van der Waals surface area (Å²) >= 11 is 5.36. The van der Waals surface area contributed by atoms with Crippen LogP contribution in [0.4, 0.5) is 5.69 Å². The van der Waals surface area contributed by atoms with Crippen LogP contribution in [-0.2, 0) is 9.84 Å². The molecule has 122 valence electrons. The highest BCUT2D eigenvalue weighted by Gasteiger charge is 2.34. The number of hydrogen-bond acceptors (Lipinski definition) is 5. The maximum absolute atomic E-state index is 11.7. The van der Waals surface area contributed by atoms with Crippen molar-refractivity contribution in [2.75, 3.05) is 30.0 Å². The van der Waals surface area contributed by atoms with Gasteiger partial charge >= 0.3 is 0 Å². The van der Waals surface area contributed by atoms with Crippen LogP contribution >= 0.6 is 12.2 Å². The van der Waals surface area contributed by atoms with E-state index in [0.717, 1.165) is 5.69 Å². The first-order valence-corrected chi connectivity index (χ1v) is 9.26. The van der Waals surface area contributed by atoms with Gasteiger partial charge in [-0.15, -0.1) is 0 Å². The number of aliphatic hydroxyl groups excluding tert-OH is 2. The van der Waals surface area contributed by atoms with Crippen LogP contribution in [0, 0.1) is 0 Å². The molecule has 0 aliphatic carbocycles. The lowest BCUT2D eigenvalue weighted by atomic mass is 10.2. The Hall–Kier alpha value is -1.22. The molecule has 1 aliphatic rings. The maximum Gasteiger partial charge on any atom is 0.173 e. The Balaban J connectivity index is 2.11. The van der Waals surface area contributed by atoms with E-state index in [1.54, 1.807) is 4.90 Å². The number of sulfone groups is 1. The first-order chi connectivity index (χ1) is 10.4. The zero-order chi connectivity index (χ0) is 16.2. The van der Waals surface area contributed by atoms with E-state index in [1.807, 2.05) is 30.3 Å². The van der Waals surface area contributed by atoms with Gasteiger partial charge in [-0.25, -0.2) is 8.42 Å². The summed E-state index contributed by atoms with van der Waals surface area (Å²) < 4.78 is 23.4. The second-order valence-electron chi connectivity index (χ2n) is 5.34. The van der Waals surface area contributed by atoms with Crippen LogP contribution in [-0.4, -0.2) is 65.4 Å². The highest BCUT2D eigenvalue weighted by molar-refractivity contribution is 7.91. The molecule has 6 nitrogen and oxygen atoms in total. The van der Waals surface area contributed by atoms with Gasteiger partial charge < -0.3 is 20.4 Å². The van der Waals surface area contributed by atoms with E-state index in [-0.39, 0.29) is 24.1 Å². The SMILES string of the molecule is O=S1(=O)CC[C@@H](N(C[C@H](O)CO)C(=S)Nc2ccccc2)C1. The minimum absolute atomic E-state index is 0.0156. The molecule has 1 saturated heterocycles. The van der Waals surface area contributed by atoms with Crippen LogP contribution in [0.15, 0.2) is 30.3 Å². The van der Waals surface area contributed by atoms with Crippen molar-refractivity contribution in [1.82, 2.24) is 4.90 Å². The van der Waals surface area contributed by atoms with Gasteiger partial charge in [0.2, 0.25) is 0 Å². The topological polar surface area (TPSA) is 89.9 Å². The zero-order valence-corrected chi connectivity index (χ0v) is 13.7. The molecule has 0 unspecified atom stereocenters. The molecule has 0 bridgehead atoms. The average molecular weight is 344 g/mol. The van der Waals surface area contributed by atoms with Gasteiger partial charge in [0.25, 0.3) is 0 Å². The summed E-state index contributed by atoms with van der Waals surface area (Å²) in [6.07, 6.45) is -0.504. The van der Waals surface area contributed by atoms with E-state index in [4.69, 9.17) is 17.3 Å². The molecule has 1 fully saturated rings.